The van der Waals surface area contributed by atoms with E-state index in [0.29, 0.717) is 6.54 Å². The van der Waals surface area contributed by atoms with Crippen LogP contribution in [0.4, 0.5) is 0 Å². The van der Waals surface area contributed by atoms with Gasteiger partial charge in [0.1, 0.15) is 12.4 Å². The van der Waals surface area contributed by atoms with E-state index in [1.54, 1.807) is 13.2 Å². The molecule has 1 atom stereocenters. The molecular weight excluding hydrogens is 228 g/mol. The van der Waals surface area contributed by atoms with Gasteiger partial charge in [-0.15, -0.1) is 0 Å². The van der Waals surface area contributed by atoms with Crippen molar-refractivity contribution >= 4 is 5.91 Å². The molecule has 1 amide bonds. The number of hydrogen-bond donors (Lipinski definition) is 1. The van der Waals surface area contributed by atoms with Gasteiger partial charge in [0.15, 0.2) is 0 Å². The van der Waals surface area contributed by atoms with Crippen molar-refractivity contribution in [3.8, 4) is 0 Å². The molecule has 1 aromatic rings. The molecule has 2 heterocycles. The number of nitrogens with one attached hydrogen (secondary N) is 1. The number of aromatic nitrogens is 2. The molecule has 96 valence electrons. The van der Waals surface area contributed by atoms with Crippen molar-refractivity contribution in [2.45, 2.75) is 25.4 Å². The fourth-order valence-electron chi connectivity index (χ4n) is 2.20. The van der Waals surface area contributed by atoms with E-state index >= 15 is 0 Å². The minimum Gasteiger partial charge on any atom is -0.335 e. The Hall–Kier alpha value is -1.75. The number of nitrogens with zero attached hydrogens (tertiary/aromatic N) is 3. The maximum atomic E-state index is 12.4. The highest BCUT2D eigenvalue weighted by atomic mass is 16.2. The second-order valence-corrected chi connectivity index (χ2v) is 4.44. The molecule has 0 aromatic carbocycles. The Morgan fingerprint density at radius 2 is 2.44 bits per heavy atom. The molecule has 0 spiro atoms. The minimum atomic E-state index is -0.269. The molecule has 1 aromatic heterocycles. The second-order valence-electron chi connectivity index (χ2n) is 4.44. The molecule has 0 saturated carbocycles. The lowest BCUT2D eigenvalue weighted by Gasteiger charge is -2.24. The minimum absolute atomic E-state index is 0.0820. The van der Waals surface area contributed by atoms with E-state index in [2.05, 4.69) is 21.9 Å². The first-order chi connectivity index (χ1) is 8.72. The van der Waals surface area contributed by atoms with Crippen LogP contribution in [0.15, 0.2) is 30.7 Å². The van der Waals surface area contributed by atoms with Crippen LogP contribution in [0, 0.1) is 0 Å². The van der Waals surface area contributed by atoms with Gasteiger partial charge in [0.05, 0.1) is 12.2 Å². The summed E-state index contributed by atoms with van der Waals surface area (Å²) in [5.74, 6) is 0.0820. The van der Waals surface area contributed by atoms with E-state index in [1.165, 1.54) is 6.33 Å². The third-order valence-corrected chi connectivity index (χ3v) is 3.18. The summed E-state index contributed by atoms with van der Waals surface area (Å²) in [7, 11) is 1.79. The average Bonchev–Trinajstić information content (AvgIpc) is 2.51. The standard InChI is InChI=1S/C13H18N4O/c1-10-4-3-7-17(13(18)12(10)14-2)8-11-5-6-15-9-16-11/h5-6,9,12,14H,1,3-4,7-8H2,2H3. The van der Waals surface area contributed by atoms with Crippen LogP contribution in [0.3, 0.4) is 0 Å². The zero-order valence-corrected chi connectivity index (χ0v) is 10.6. The molecule has 1 aliphatic heterocycles. The largest absolute Gasteiger partial charge is 0.335 e. The van der Waals surface area contributed by atoms with Gasteiger partial charge in [-0.2, -0.15) is 0 Å². The first kappa shape index (κ1) is 12.7. The Morgan fingerprint density at radius 1 is 1.61 bits per heavy atom. The highest BCUT2D eigenvalue weighted by Crippen LogP contribution is 2.17. The van der Waals surface area contributed by atoms with Gasteiger partial charge in [-0.05, 0) is 26.0 Å². The van der Waals surface area contributed by atoms with Crippen LogP contribution in [-0.2, 0) is 11.3 Å². The number of carbonyl (C=O) groups is 1. The summed E-state index contributed by atoms with van der Waals surface area (Å²) in [4.78, 5) is 22.2. The van der Waals surface area contributed by atoms with Crippen molar-refractivity contribution in [3.63, 3.8) is 0 Å². The maximum absolute atomic E-state index is 12.4. The molecule has 18 heavy (non-hydrogen) atoms. The molecular formula is C13H18N4O. The molecule has 2 rings (SSSR count). The topological polar surface area (TPSA) is 58.1 Å². The van der Waals surface area contributed by atoms with Crippen molar-refractivity contribution in [3.05, 3.63) is 36.4 Å². The molecule has 1 N–H and O–H groups in total. The predicted octanol–water partition coefficient (Wildman–Crippen LogP) is 0.743. The number of likely N-dealkylation sites (tertiary alicyclic amines) is 1. The Kier molecular flexibility index (Phi) is 4.04. The summed E-state index contributed by atoms with van der Waals surface area (Å²) in [5.41, 5.74) is 1.83. The van der Waals surface area contributed by atoms with Gasteiger partial charge in [-0.25, -0.2) is 9.97 Å². The van der Waals surface area contributed by atoms with Gasteiger partial charge in [-0.1, -0.05) is 12.2 Å². The van der Waals surface area contributed by atoms with Crippen molar-refractivity contribution < 1.29 is 4.79 Å². The number of amides is 1. The molecule has 1 saturated heterocycles. The van der Waals surface area contributed by atoms with Gasteiger partial charge < -0.3 is 10.2 Å². The molecule has 5 heteroatoms. The summed E-state index contributed by atoms with van der Waals surface area (Å²) in [6.45, 7) is 5.27. The second kappa shape index (κ2) is 5.73. The third-order valence-electron chi connectivity index (χ3n) is 3.18. The van der Waals surface area contributed by atoms with Crippen LogP contribution in [0.5, 0.6) is 0 Å². The zero-order chi connectivity index (χ0) is 13.0. The predicted molar refractivity (Wildman–Crippen MR) is 68.7 cm³/mol. The van der Waals surface area contributed by atoms with E-state index < -0.39 is 0 Å². The Morgan fingerprint density at radius 3 is 3.11 bits per heavy atom. The van der Waals surface area contributed by atoms with Gasteiger partial charge >= 0.3 is 0 Å². The molecule has 0 bridgehead atoms. The highest BCUT2D eigenvalue weighted by molar-refractivity contribution is 5.85. The van der Waals surface area contributed by atoms with Crippen LogP contribution >= 0.6 is 0 Å². The normalized spacial score (nSPS) is 20.9. The lowest BCUT2D eigenvalue weighted by molar-refractivity contribution is -0.132. The van der Waals surface area contributed by atoms with Crippen LogP contribution < -0.4 is 5.32 Å². The van der Waals surface area contributed by atoms with Gasteiger partial charge in [0.2, 0.25) is 5.91 Å². The summed E-state index contributed by atoms with van der Waals surface area (Å²) in [6, 6.07) is 1.57. The van der Waals surface area contributed by atoms with Crippen LogP contribution in [0.1, 0.15) is 18.5 Å². The Bertz CT molecular complexity index is 432. The van der Waals surface area contributed by atoms with Crippen molar-refractivity contribution in [2.24, 2.45) is 0 Å². The molecule has 1 unspecified atom stereocenters. The van der Waals surface area contributed by atoms with Gasteiger partial charge in [-0.3, -0.25) is 4.79 Å². The van der Waals surface area contributed by atoms with E-state index in [9.17, 15) is 4.79 Å². The van der Waals surface area contributed by atoms with E-state index in [-0.39, 0.29) is 11.9 Å². The molecule has 1 fully saturated rings. The SMILES string of the molecule is C=C1CCCN(Cc2ccncn2)C(=O)C1NC. The lowest BCUT2D eigenvalue weighted by Crippen LogP contribution is -2.44. The van der Waals surface area contributed by atoms with Gasteiger partial charge in [0.25, 0.3) is 0 Å². The quantitative estimate of drug-likeness (QED) is 0.799. The smallest absolute Gasteiger partial charge is 0.244 e. The van der Waals surface area contributed by atoms with E-state index in [4.69, 9.17) is 0 Å². The highest BCUT2D eigenvalue weighted by Gasteiger charge is 2.28. The van der Waals surface area contributed by atoms with Crippen molar-refractivity contribution in [1.82, 2.24) is 20.2 Å². The average molecular weight is 246 g/mol. The molecule has 0 aliphatic carbocycles. The summed E-state index contributed by atoms with van der Waals surface area (Å²) in [6.07, 6.45) is 5.04. The number of carbonyl (C=O) groups excluding carboxylic acids is 1. The fraction of sp³-hybridized carbons (Fsp3) is 0.462. The van der Waals surface area contributed by atoms with E-state index in [1.807, 2.05) is 11.0 Å². The lowest BCUT2D eigenvalue weighted by atomic mass is 10.1. The van der Waals surface area contributed by atoms with Crippen LogP contribution in [-0.4, -0.2) is 40.4 Å². The van der Waals surface area contributed by atoms with Crippen molar-refractivity contribution in [1.29, 1.82) is 0 Å². The fourth-order valence-corrected chi connectivity index (χ4v) is 2.20. The molecule has 0 radical (unpaired) electrons. The summed E-state index contributed by atoms with van der Waals surface area (Å²) in [5, 5.41) is 3.04. The maximum Gasteiger partial charge on any atom is 0.244 e. The Labute approximate surface area is 107 Å². The van der Waals surface area contributed by atoms with E-state index in [0.717, 1.165) is 30.7 Å². The van der Waals surface area contributed by atoms with Crippen LogP contribution in [0.2, 0.25) is 0 Å². The zero-order valence-electron chi connectivity index (χ0n) is 10.6. The monoisotopic (exact) mass is 246 g/mol. The first-order valence-electron chi connectivity index (χ1n) is 6.11. The summed E-state index contributed by atoms with van der Waals surface area (Å²) < 4.78 is 0. The summed E-state index contributed by atoms with van der Waals surface area (Å²) >= 11 is 0. The number of hydrogen-bond acceptors (Lipinski definition) is 4. The van der Waals surface area contributed by atoms with Crippen LogP contribution in [0.25, 0.3) is 0 Å². The van der Waals surface area contributed by atoms with Gasteiger partial charge in [0, 0.05) is 12.7 Å². The number of rotatable bonds is 3. The van der Waals surface area contributed by atoms with Crippen molar-refractivity contribution in [2.75, 3.05) is 13.6 Å². The number of likely N-dealkylation sites (N-methyl/N-ethyl adjacent to an activating group) is 1. The Balaban J connectivity index is 2.12. The first-order valence-corrected chi connectivity index (χ1v) is 6.11. The molecule has 1 aliphatic rings. The third kappa shape index (κ3) is 2.73. The molecule has 5 nitrogen and oxygen atoms in total.